The van der Waals surface area contributed by atoms with Crippen LogP contribution in [0.3, 0.4) is 0 Å². The number of sulfonamides is 1. The minimum Gasteiger partial charge on any atom is -0.497 e. The number of ether oxygens (including phenoxy) is 1. The summed E-state index contributed by atoms with van der Waals surface area (Å²) in [6.45, 7) is 2.16. The number of carbonyl (C=O) groups is 1. The van der Waals surface area contributed by atoms with Gasteiger partial charge >= 0.3 is 0 Å². The molecule has 1 N–H and O–H groups in total. The van der Waals surface area contributed by atoms with Crippen molar-refractivity contribution >= 4 is 21.6 Å². The topological polar surface area (TPSA) is 75.7 Å². The Morgan fingerprint density at radius 2 is 1.74 bits per heavy atom. The normalized spacial score (nSPS) is 12.3. The number of hydrogen-bond acceptors (Lipinski definition) is 4. The van der Waals surface area contributed by atoms with Gasteiger partial charge in [-0.2, -0.15) is 0 Å². The second-order valence-corrected chi connectivity index (χ2v) is 8.24. The van der Waals surface area contributed by atoms with Crippen LogP contribution in [0.4, 0.5) is 5.69 Å². The van der Waals surface area contributed by atoms with E-state index in [9.17, 15) is 13.2 Å². The van der Waals surface area contributed by atoms with Gasteiger partial charge in [0.25, 0.3) is 0 Å². The van der Waals surface area contributed by atoms with E-state index in [-0.39, 0.29) is 24.9 Å². The Morgan fingerprint density at radius 1 is 1.11 bits per heavy atom. The summed E-state index contributed by atoms with van der Waals surface area (Å²) in [5.41, 5.74) is 1.58. The average Bonchev–Trinajstić information content (AvgIpc) is 2.65. The van der Waals surface area contributed by atoms with Gasteiger partial charge in [-0.25, -0.2) is 8.42 Å². The fraction of sp³-hybridized carbons (Fsp3) is 0.350. The number of benzene rings is 2. The molecule has 0 aromatic heterocycles. The van der Waals surface area contributed by atoms with Gasteiger partial charge in [-0.15, -0.1) is 0 Å². The lowest BCUT2D eigenvalue weighted by molar-refractivity contribution is -0.121. The molecule has 1 atom stereocenters. The van der Waals surface area contributed by atoms with Gasteiger partial charge in [0, 0.05) is 13.0 Å². The fourth-order valence-corrected chi connectivity index (χ4v) is 3.72. The number of amides is 1. The molecule has 0 saturated heterocycles. The molecule has 2 aromatic carbocycles. The molecule has 0 bridgehead atoms. The molecule has 0 aliphatic carbocycles. The number of rotatable bonds is 9. The molecule has 2 rings (SSSR count). The van der Waals surface area contributed by atoms with Crippen LogP contribution in [-0.4, -0.2) is 34.2 Å². The first-order chi connectivity index (χ1) is 12.8. The molecule has 0 radical (unpaired) electrons. The minimum atomic E-state index is -3.44. The maximum absolute atomic E-state index is 12.2. The van der Waals surface area contributed by atoms with E-state index in [1.807, 2.05) is 37.3 Å². The molecule has 146 valence electrons. The van der Waals surface area contributed by atoms with Crippen molar-refractivity contribution in [2.24, 2.45) is 0 Å². The third-order valence-corrected chi connectivity index (χ3v) is 5.40. The van der Waals surface area contributed by atoms with Gasteiger partial charge in [0.15, 0.2) is 0 Å². The largest absolute Gasteiger partial charge is 0.497 e. The van der Waals surface area contributed by atoms with E-state index in [2.05, 4.69) is 5.32 Å². The number of methoxy groups -OCH3 is 1. The lowest BCUT2D eigenvalue weighted by atomic mass is 10.1. The van der Waals surface area contributed by atoms with Crippen LogP contribution in [0.15, 0.2) is 54.6 Å². The Morgan fingerprint density at radius 3 is 2.30 bits per heavy atom. The standard InChI is InChI=1S/C20H26N2O4S/c1-16(17-8-5-4-6-9-17)21-20(23)10-7-15-22(27(3,24)25)18-11-13-19(26-2)14-12-18/h4-6,8-9,11-14,16H,7,10,15H2,1-3H3,(H,21,23). The maximum atomic E-state index is 12.2. The van der Waals surface area contributed by atoms with Crippen molar-refractivity contribution in [1.29, 1.82) is 0 Å². The summed E-state index contributed by atoms with van der Waals surface area (Å²) in [4.78, 5) is 12.2. The van der Waals surface area contributed by atoms with Crippen LogP contribution in [0.1, 0.15) is 31.4 Å². The van der Waals surface area contributed by atoms with E-state index in [0.29, 0.717) is 17.9 Å². The van der Waals surface area contributed by atoms with Crippen LogP contribution >= 0.6 is 0 Å². The van der Waals surface area contributed by atoms with Crippen molar-refractivity contribution in [3.05, 3.63) is 60.2 Å². The smallest absolute Gasteiger partial charge is 0.232 e. The molecule has 1 unspecified atom stereocenters. The summed E-state index contributed by atoms with van der Waals surface area (Å²) in [5, 5.41) is 2.94. The predicted molar refractivity (Wildman–Crippen MR) is 107 cm³/mol. The van der Waals surface area contributed by atoms with E-state index in [0.717, 1.165) is 11.8 Å². The molecule has 0 saturated carbocycles. The molecular weight excluding hydrogens is 364 g/mol. The lowest BCUT2D eigenvalue weighted by Crippen LogP contribution is -2.32. The molecule has 0 fully saturated rings. The summed E-state index contributed by atoms with van der Waals surface area (Å²) >= 11 is 0. The molecular formula is C20H26N2O4S. The predicted octanol–water partition coefficient (Wildman–Crippen LogP) is 3.12. The average molecular weight is 391 g/mol. The van der Waals surface area contributed by atoms with Gasteiger partial charge in [0.05, 0.1) is 25.1 Å². The second kappa shape index (κ2) is 9.41. The summed E-state index contributed by atoms with van der Waals surface area (Å²) < 4.78 is 30.6. The molecule has 7 heteroatoms. The van der Waals surface area contributed by atoms with Gasteiger partial charge in [0.1, 0.15) is 5.75 Å². The number of carbonyl (C=O) groups excluding carboxylic acids is 1. The number of anilines is 1. The molecule has 0 aliphatic rings. The monoisotopic (exact) mass is 390 g/mol. The molecule has 0 spiro atoms. The van der Waals surface area contributed by atoms with Gasteiger partial charge in [-0.1, -0.05) is 30.3 Å². The van der Waals surface area contributed by atoms with Gasteiger partial charge in [0.2, 0.25) is 15.9 Å². The zero-order chi connectivity index (χ0) is 19.9. The Bertz CT molecular complexity index is 836. The third kappa shape index (κ3) is 6.29. The van der Waals surface area contributed by atoms with E-state index in [4.69, 9.17) is 4.74 Å². The Hall–Kier alpha value is -2.54. The molecule has 0 heterocycles. The van der Waals surface area contributed by atoms with Gasteiger partial charge in [-0.05, 0) is 43.2 Å². The van der Waals surface area contributed by atoms with Crippen molar-refractivity contribution in [3.63, 3.8) is 0 Å². The second-order valence-electron chi connectivity index (χ2n) is 6.34. The van der Waals surface area contributed by atoms with E-state index in [1.54, 1.807) is 31.4 Å². The lowest BCUT2D eigenvalue weighted by Gasteiger charge is -2.22. The van der Waals surface area contributed by atoms with Crippen LogP contribution in [0.25, 0.3) is 0 Å². The van der Waals surface area contributed by atoms with E-state index in [1.165, 1.54) is 4.31 Å². The number of nitrogens with zero attached hydrogens (tertiary/aromatic N) is 1. The summed E-state index contributed by atoms with van der Waals surface area (Å²) in [6.07, 6.45) is 1.83. The number of nitrogens with one attached hydrogen (secondary N) is 1. The van der Waals surface area contributed by atoms with Crippen molar-refractivity contribution in [2.45, 2.75) is 25.8 Å². The van der Waals surface area contributed by atoms with Crippen LogP contribution < -0.4 is 14.4 Å². The number of hydrogen-bond donors (Lipinski definition) is 1. The Kier molecular flexibility index (Phi) is 7.24. The maximum Gasteiger partial charge on any atom is 0.232 e. The molecule has 1 amide bonds. The van der Waals surface area contributed by atoms with Crippen molar-refractivity contribution in [3.8, 4) is 5.75 Å². The fourth-order valence-electron chi connectivity index (χ4n) is 2.76. The first kappa shape index (κ1) is 20.8. The molecule has 0 aliphatic heterocycles. The minimum absolute atomic E-state index is 0.0914. The molecule has 6 nitrogen and oxygen atoms in total. The summed E-state index contributed by atoms with van der Waals surface area (Å²) in [5.74, 6) is 0.552. The Balaban J connectivity index is 1.92. The van der Waals surface area contributed by atoms with Crippen molar-refractivity contribution < 1.29 is 17.9 Å². The summed E-state index contributed by atoms with van der Waals surface area (Å²) in [7, 11) is -1.89. The zero-order valence-electron chi connectivity index (χ0n) is 15.9. The van der Waals surface area contributed by atoms with Gasteiger partial charge < -0.3 is 10.1 Å². The third-order valence-electron chi connectivity index (χ3n) is 4.20. The van der Waals surface area contributed by atoms with Crippen LogP contribution in [-0.2, 0) is 14.8 Å². The highest BCUT2D eigenvalue weighted by Gasteiger charge is 2.18. The highest BCUT2D eigenvalue weighted by Crippen LogP contribution is 2.22. The highest BCUT2D eigenvalue weighted by molar-refractivity contribution is 7.92. The van der Waals surface area contributed by atoms with Crippen molar-refractivity contribution in [1.82, 2.24) is 5.32 Å². The van der Waals surface area contributed by atoms with Crippen LogP contribution in [0, 0.1) is 0 Å². The first-order valence-corrected chi connectivity index (χ1v) is 10.6. The highest BCUT2D eigenvalue weighted by atomic mass is 32.2. The van der Waals surface area contributed by atoms with E-state index >= 15 is 0 Å². The van der Waals surface area contributed by atoms with Gasteiger partial charge in [-0.3, -0.25) is 9.10 Å². The first-order valence-electron chi connectivity index (χ1n) is 8.77. The summed E-state index contributed by atoms with van der Waals surface area (Å²) in [6, 6.07) is 16.4. The van der Waals surface area contributed by atoms with E-state index < -0.39 is 10.0 Å². The quantitative estimate of drug-likeness (QED) is 0.714. The SMILES string of the molecule is COc1ccc(N(CCCC(=O)NC(C)c2ccccc2)S(C)(=O)=O)cc1. The van der Waals surface area contributed by atoms with Crippen molar-refractivity contribution in [2.75, 3.05) is 24.2 Å². The Labute approximate surface area is 161 Å². The van der Waals surface area contributed by atoms with Crippen LogP contribution in [0.5, 0.6) is 5.75 Å². The molecule has 27 heavy (non-hydrogen) atoms. The molecule has 2 aromatic rings. The zero-order valence-corrected chi connectivity index (χ0v) is 16.7. The van der Waals surface area contributed by atoms with Crippen LogP contribution in [0.2, 0.25) is 0 Å².